The summed E-state index contributed by atoms with van der Waals surface area (Å²) in [4.78, 5) is 29.9. The number of carbonyl (C=O) groups excluding carboxylic acids is 2. The molecule has 0 bridgehead atoms. The van der Waals surface area contributed by atoms with Gasteiger partial charge in [0.15, 0.2) is 0 Å². The molecule has 0 radical (unpaired) electrons. The highest BCUT2D eigenvalue weighted by molar-refractivity contribution is 7.89. The summed E-state index contributed by atoms with van der Waals surface area (Å²) in [6.07, 6.45) is 11.7. The van der Waals surface area contributed by atoms with Crippen molar-refractivity contribution in [1.82, 2.24) is 70.5 Å². The van der Waals surface area contributed by atoms with E-state index in [9.17, 15) is 26.4 Å². The van der Waals surface area contributed by atoms with E-state index in [1.165, 1.54) is 24.3 Å². The summed E-state index contributed by atoms with van der Waals surface area (Å²) in [5.41, 5.74) is 17.7. The van der Waals surface area contributed by atoms with E-state index in [-0.39, 0.29) is 84.4 Å². The van der Waals surface area contributed by atoms with Gasteiger partial charge in [0.2, 0.25) is 20.0 Å². The van der Waals surface area contributed by atoms with Gasteiger partial charge in [-0.15, -0.1) is 10.2 Å². The molecular formula is C60H78Cl4N16O8S2. The standard InChI is InChI=1S/C60H78Cl4N16O8S2/c61-39-27-51-49(53(63)29-39)31-55(77-23-7-9-41(65)35-77)57(51)87-45-11-15-47(16-12-45)89(83,84)71-21-3-5-25-79-37-43(73-75-79)33-69-59(81)67-19-1-2-20-68-60(82)70-34-44-38-80(76-74-44)26-6-4-22-72-90(85,86)48-17-13-46(14-18-48)88-58-52-28-40(62)30-54(64)50(52)32-56(58)78-24-8-10-42(66)36-78/h11-18,27-30,37-38,41-42,55-58,71-72H,1-10,19-26,31-36,65-66H2,(H2,67,69,81)(H2,68,70,82)/t41-,42-,55+,56+,57+,58+/m1/s1. The van der Waals surface area contributed by atoms with E-state index in [1.54, 1.807) is 58.2 Å². The molecule has 2 saturated heterocycles. The van der Waals surface area contributed by atoms with Gasteiger partial charge in [-0.3, -0.25) is 19.2 Å². The predicted molar refractivity (Wildman–Crippen MR) is 344 cm³/mol. The second-order valence-corrected chi connectivity index (χ2v) is 28.6. The third-order valence-corrected chi connectivity index (χ3v) is 20.7. The maximum Gasteiger partial charge on any atom is 0.315 e. The van der Waals surface area contributed by atoms with Crippen LogP contribution in [0.2, 0.25) is 20.1 Å². The van der Waals surface area contributed by atoms with Gasteiger partial charge in [0.1, 0.15) is 35.1 Å². The van der Waals surface area contributed by atoms with Crippen molar-refractivity contribution in [2.24, 2.45) is 11.5 Å². The summed E-state index contributed by atoms with van der Waals surface area (Å²) in [5.74, 6) is 1.06. The Morgan fingerprint density at radius 3 is 1.34 bits per heavy atom. The summed E-state index contributed by atoms with van der Waals surface area (Å²) in [6, 6.07) is 19.6. The molecule has 0 saturated carbocycles. The highest BCUT2D eigenvalue weighted by atomic mass is 35.5. The molecular weight excluding hydrogens is 1280 g/mol. The smallest absolute Gasteiger partial charge is 0.315 e. The van der Waals surface area contributed by atoms with Crippen molar-refractivity contribution < 1.29 is 35.9 Å². The Hall–Kier alpha value is -5.88. The number of carbonyl (C=O) groups is 2. The minimum Gasteiger partial charge on any atom is -0.484 e. The first kappa shape index (κ1) is 67.0. The van der Waals surface area contributed by atoms with Crippen LogP contribution in [0.25, 0.3) is 0 Å². The highest BCUT2D eigenvalue weighted by Gasteiger charge is 2.42. The molecule has 4 heterocycles. The Balaban J connectivity index is 0.544. The first-order chi connectivity index (χ1) is 43.3. The van der Waals surface area contributed by atoms with Crippen LogP contribution in [-0.4, -0.2) is 145 Å². The molecule has 90 heavy (non-hydrogen) atoms. The number of urea groups is 2. The lowest BCUT2D eigenvalue weighted by atomic mass is 10.0. The molecule has 2 aliphatic carbocycles. The molecule has 10 N–H and O–H groups in total. The first-order valence-electron chi connectivity index (χ1n) is 30.6. The van der Waals surface area contributed by atoms with Gasteiger partial charge < -0.3 is 42.2 Å². The van der Waals surface area contributed by atoms with E-state index in [0.717, 1.165) is 74.1 Å². The number of halogens is 4. The summed E-state index contributed by atoms with van der Waals surface area (Å²) in [5, 5.41) is 29.9. The number of aryl methyl sites for hydroxylation is 2. The number of rotatable bonds is 29. The van der Waals surface area contributed by atoms with E-state index < -0.39 is 20.0 Å². The zero-order valence-corrected chi connectivity index (χ0v) is 54.5. The van der Waals surface area contributed by atoms with Gasteiger partial charge in [-0.05, 0) is 174 Å². The lowest BCUT2D eigenvalue weighted by Gasteiger charge is -2.38. The molecule has 24 nitrogen and oxygen atoms in total. The number of unbranched alkanes of at least 4 members (excludes halogenated alkanes) is 3. The molecule has 2 aromatic heterocycles. The van der Waals surface area contributed by atoms with E-state index in [4.69, 9.17) is 67.3 Å². The van der Waals surface area contributed by atoms with E-state index in [0.29, 0.717) is 121 Å². The molecule has 2 fully saturated rings. The van der Waals surface area contributed by atoms with Crippen LogP contribution in [-0.2, 0) is 59.1 Å². The van der Waals surface area contributed by atoms with E-state index in [1.807, 2.05) is 12.1 Å². The summed E-state index contributed by atoms with van der Waals surface area (Å²) >= 11 is 26.2. The number of hydrogen-bond donors (Lipinski definition) is 8. The largest absolute Gasteiger partial charge is 0.484 e. The zero-order valence-electron chi connectivity index (χ0n) is 49.8. The molecule has 486 valence electrons. The first-order valence-corrected chi connectivity index (χ1v) is 35.1. The fraction of sp³-hybridized carbons (Fsp3) is 0.500. The Labute approximate surface area is 545 Å². The molecule has 10 rings (SSSR count). The number of nitrogens with one attached hydrogen (secondary N) is 6. The van der Waals surface area contributed by atoms with Gasteiger partial charge in [0.25, 0.3) is 0 Å². The lowest BCUT2D eigenvalue weighted by Crippen LogP contribution is -2.49. The Bertz CT molecular complexity index is 3410. The van der Waals surface area contributed by atoms with Crippen LogP contribution in [0, 0.1) is 0 Å². The molecule has 30 heteroatoms. The van der Waals surface area contributed by atoms with Crippen molar-refractivity contribution in [2.75, 3.05) is 52.4 Å². The predicted octanol–water partition coefficient (Wildman–Crippen LogP) is 7.02. The summed E-state index contributed by atoms with van der Waals surface area (Å²) in [7, 11) is -7.57. The molecule has 6 aromatic rings. The minimum atomic E-state index is -3.78. The van der Waals surface area contributed by atoms with Crippen LogP contribution < -0.4 is 51.7 Å². The van der Waals surface area contributed by atoms with Crippen molar-refractivity contribution in [3.63, 3.8) is 0 Å². The van der Waals surface area contributed by atoms with Gasteiger partial charge in [0.05, 0.1) is 47.4 Å². The molecule has 0 spiro atoms. The van der Waals surface area contributed by atoms with Gasteiger partial charge in [-0.25, -0.2) is 35.9 Å². The van der Waals surface area contributed by atoms with Gasteiger partial charge in [-0.2, -0.15) is 0 Å². The molecule has 4 aliphatic rings. The van der Waals surface area contributed by atoms with Crippen molar-refractivity contribution in [3.05, 3.63) is 139 Å². The van der Waals surface area contributed by atoms with E-state index >= 15 is 0 Å². The van der Waals surface area contributed by atoms with Crippen LogP contribution in [0.15, 0.2) is 95.0 Å². The molecule has 6 atom stereocenters. The summed E-state index contributed by atoms with van der Waals surface area (Å²) < 4.78 is 74.6. The van der Waals surface area contributed by atoms with Crippen molar-refractivity contribution >= 4 is 78.5 Å². The Morgan fingerprint density at radius 1 is 0.544 bits per heavy atom. The number of likely N-dealkylation sites (tertiary alicyclic amines) is 2. The van der Waals surface area contributed by atoms with Gasteiger partial charge in [-0.1, -0.05) is 56.8 Å². The monoisotopic (exact) mass is 1350 g/mol. The quantitative estimate of drug-likeness (QED) is 0.0219. The number of hydrogen-bond acceptors (Lipinski definition) is 16. The highest BCUT2D eigenvalue weighted by Crippen LogP contribution is 2.45. The van der Waals surface area contributed by atoms with Gasteiger partial charge >= 0.3 is 12.1 Å². The number of benzene rings is 4. The third kappa shape index (κ3) is 18.0. The van der Waals surface area contributed by atoms with Crippen molar-refractivity contribution in [1.29, 1.82) is 0 Å². The SMILES string of the molecule is N[C@@H]1CCCN([C@H]2Cc3c(Cl)cc(Cl)cc3[C@@H]2Oc2ccc(S(=O)(=O)NCCCCn3cc(CNC(=O)NCCCCNC(=O)NCc4cn(CCCCNS(=O)(=O)c5ccc(O[C@H]6c7cc(Cl)cc(Cl)c7C[C@@H]6N6CCC[C@@H](N)C6)cc5)nn4)nn3)cc2)C1. The maximum absolute atomic E-state index is 13.2. The van der Waals surface area contributed by atoms with E-state index in [2.05, 4.69) is 61.1 Å². The van der Waals surface area contributed by atoms with Crippen molar-refractivity contribution in [2.45, 2.75) is 149 Å². The van der Waals surface area contributed by atoms with Crippen LogP contribution in [0.4, 0.5) is 9.59 Å². The maximum atomic E-state index is 13.2. The normalized spacial score (nSPS) is 20.3. The lowest BCUT2D eigenvalue weighted by molar-refractivity contribution is 0.0592. The fourth-order valence-corrected chi connectivity index (χ4v) is 15.4. The molecule has 2 aliphatic heterocycles. The van der Waals surface area contributed by atoms with Gasteiger partial charge in [0, 0.05) is 95.7 Å². The molecule has 4 aromatic carbocycles. The second kappa shape index (κ2) is 31.2. The zero-order chi connectivity index (χ0) is 63.4. The Morgan fingerprint density at radius 2 is 0.944 bits per heavy atom. The number of amides is 4. The van der Waals surface area contributed by atoms with Crippen LogP contribution in [0.3, 0.4) is 0 Å². The Kier molecular flexibility index (Phi) is 23.2. The average Bonchev–Trinajstić information content (AvgIpc) is 1.63. The third-order valence-electron chi connectivity index (χ3n) is 16.7. The molecule has 0 unspecified atom stereocenters. The van der Waals surface area contributed by atoms with Crippen LogP contribution >= 0.6 is 46.4 Å². The summed E-state index contributed by atoms with van der Waals surface area (Å²) in [6.45, 7) is 5.88. The molecule has 4 amide bonds. The number of fused-ring (bicyclic) bond motifs is 2. The number of aromatic nitrogens is 6. The second-order valence-electron chi connectivity index (χ2n) is 23.3. The topological polar surface area (TPSA) is 313 Å². The minimum absolute atomic E-state index is 0.00708. The number of nitrogens with zero attached hydrogens (tertiary/aromatic N) is 8. The van der Waals surface area contributed by atoms with Crippen molar-refractivity contribution in [3.8, 4) is 11.5 Å². The number of piperidine rings is 2. The number of ether oxygens (including phenoxy) is 2. The average molecular weight is 1360 g/mol. The van der Waals surface area contributed by atoms with Crippen LogP contribution in [0.1, 0.15) is 110 Å². The number of nitrogens with two attached hydrogens (primary N) is 2. The fourth-order valence-electron chi connectivity index (χ4n) is 12.1. The number of sulfonamides is 2. The van der Waals surface area contributed by atoms with Crippen LogP contribution in [0.5, 0.6) is 11.5 Å².